The molecule has 4 heteroatoms. The minimum absolute atomic E-state index is 0.209. The first-order valence-electron chi connectivity index (χ1n) is 5.74. The van der Waals surface area contributed by atoms with Crippen LogP contribution in [-0.4, -0.2) is 18.5 Å². The van der Waals surface area contributed by atoms with Gasteiger partial charge in [0.15, 0.2) is 5.78 Å². The van der Waals surface area contributed by atoms with Crippen LogP contribution in [0, 0.1) is 11.7 Å². The summed E-state index contributed by atoms with van der Waals surface area (Å²) >= 11 is 5.92. The Kier molecular flexibility index (Phi) is 3.79. The van der Waals surface area contributed by atoms with Gasteiger partial charge in [0.05, 0.1) is 5.02 Å². The summed E-state index contributed by atoms with van der Waals surface area (Å²) in [6.07, 6.45) is 1.51. The summed E-state index contributed by atoms with van der Waals surface area (Å²) in [4.78, 5) is 12.2. The molecule has 0 radical (unpaired) electrons. The molecule has 92 valence electrons. The predicted molar refractivity (Wildman–Crippen MR) is 63.9 cm³/mol. The summed E-state index contributed by atoms with van der Waals surface area (Å²) < 4.78 is 18.6. The summed E-state index contributed by atoms with van der Waals surface area (Å²) in [7, 11) is 0. The van der Waals surface area contributed by atoms with Crippen LogP contribution in [0.2, 0.25) is 5.02 Å². The Hall–Kier alpha value is -0.930. The van der Waals surface area contributed by atoms with E-state index in [0.717, 1.165) is 12.8 Å². The average molecular weight is 257 g/mol. The van der Waals surface area contributed by atoms with Gasteiger partial charge in [-0.15, -0.1) is 0 Å². The lowest BCUT2D eigenvalue weighted by Crippen LogP contribution is -2.27. The lowest BCUT2D eigenvalue weighted by molar-refractivity contribution is 0.0374. The topological polar surface area (TPSA) is 26.3 Å². The molecule has 1 aliphatic rings. The van der Waals surface area contributed by atoms with Crippen LogP contribution in [0.25, 0.3) is 0 Å². The van der Waals surface area contributed by atoms with Crippen molar-refractivity contribution < 1.29 is 13.9 Å². The lowest BCUT2D eigenvalue weighted by atomic mass is 10.0. The minimum Gasteiger partial charge on any atom is -0.370 e. The molecule has 0 heterocycles. The summed E-state index contributed by atoms with van der Waals surface area (Å²) in [6, 6.07) is 3.82. The number of halogens is 2. The Morgan fingerprint density at radius 2 is 2.29 bits per heavy atom. The molecule has 17 heavy (non-hydrogen) atoms. The van der Waals surface area contributed by atoms with Crippen LogP contribution in [0.15, 0.2) is 18.2 Å². The van der Waals surface area contributed by atoms with E-state index in [2.05, 4.69) is 0 Å². The van der Waals surface area contributed by atoms with Gasteiger partial charge < -0.3 is 4.74 Å². The van der Waals surface area contributed by atoms with Gasteiger partial charge in [0.2, 0.25) is 0 Å². The molecule has 0 N–H and O–H groups in total. The van der Waals surface area contributed by atoms with Gasteiger partial charge in [0.1, 0.15) is 11.9 Å². The Labute approximate surface area is 105 Å². The quantitative estimate of drug-likeness (QED) is 0.754. The zero-order valence-electron chi connectivity index (χ0n) is 9.58. The van der Waals surface area contributed by atoms with Gasteiger partial charge in [0.25, 0.3) is 0 Å². The number of ketones is 1. The van der Waals surface area contributed by atoms with Crippen LogP contribution in [-0.2, 0) is 4.74 Å². The molecule has 1 aliphatic carbocycles. The first-order chi connectivity index (χ1) is 8.13. The predicted octanol–water partition coefficient (Wildman–Crippen LogP) is 3.48. The van der Waals surface area contributed by atoms with Crippen molar-refractivity contribution >= 4 is 17.4 Å². The molecular weight excluding hydrogens is 243 g/mol. The molecule has 1 aromatic carbocycles. The highest BCUT2D eigenvalue weighted by atomic mass is 35.5. The molecule has 1 saturated carbocycles. The van der Waals surface area contributed by atoms with Gasteiger partial charge in [-0.2, -0.15) is 0 Å². The van der Waals surface area contributed by atoms with Crippen LogP contribution in [0.4, 0.5) is 4.39 Å². The SMILES string of the molecule is CCOC(C(=O)c1cc(F)ccc1Cl)C1CC1. The van der Waals surface area contributed by atoms with E-state index < -0.39 is 11.9 Å². The smallest absolute Gasteiger partial charge is 0.193 e. The number of Topliss-reactive ketones (excluding diaryl/α,β-unsaturated/α-hetero) is 1. The van der Waals surface area contributed by atoms with Gasteiger partial charge in [-0.3, -0.25) is 4.79 Å². The normalized spacial score (nSPS) is 16.9. The molecule has 2 nitrogen and oxygen atoms in total. The van der Waals surface area contributed by atoms with Gasteiger partial charge >= 0.3 is 0 Å². The Morgan fingerprint density at radius 1 is 1.59 bits per heavy atom. The number of benzene rings is 1. The maximum atomic E-state index is 13.1. The van der Waals surface area contributed by atoms with Gasteiger partial charge in [-0.05, 0) is 43.9 Å². The zero-order valence-corrected chi connectivity index (χ0v) is 10.3. The molecule has 1 fully saturated rings. The van der Waals surface area contributed by atoms with Crippen molar-refractivity contribution in [2.75, 3.05) is 6.61 Å². The summed E-state index contributed by atoms with van der Waals surface area (Å²) in [6.45, 7) is 2.32. The largest absolute Gasteiger partial charge is 0.370 e. The summed E-state index contributed by atoms with van der Waals surface area (Å²) in [5.41, 5.74) is 0.219. The van der Waals surface area contributed by atoms with Crippen LogP contribution in [0.3, 0.4) is 0 Å². The Morgan fingerprint density at radius 3 is 2.88 bits per heavy atom. The Bertz CT molecular complexity index is 429. The maximum absolute atomic E-state index is 13.1. The van der Waals surface area contributed by atoms with Crippen molar-refractivity contribution in [1.29, 1.82) is 0 Å². The fraction of sp³-hybridized carbons (Fsp3) is 0.462. The molecule has 1 unspecified atom stereocenters. The standard InChI is InChI=1S/C13H14ClFO2/c1-2-17-13(8-3-4-8)12(16)10-7-9(15)5-6-11(10)14/h5-8,13H,2-4H2,1H3. The van der Waals surface area contributed by atoms with E-state index in [-0.39, 0.29) is 22.3 Å². The van der Waals surface area contributed by atoms with Gasteiger partial charge in [-0.1, -0.05) is 11.6 Å². The molecule has 1 atom stereocenters. The van der Waals surface area contributed by atoms with E-state index in [1.54, 1.807) is 0 Å². The number of carbonyl (C=O) groups is 1. The minimum atomic E-state index is -0.473. The second kappa shape index (κ2) is 5.15. The molecular formula is C13H14ClFO2. The maximum Gasteiger partial charge on any atom is 0.193 e. The van der Waals surface area contributed by atoms with Crippen molar-refractivity contribution in [3.05, 3.63) is 34.6 Å². The van der Waals surface area contributed by atoms with Crippen LogP contribution >= 0.6 is 11.6 Å². The third-order valence-corrected chi connectivity index (χ3v) is 3.18. The third kappa shape index (κ3) is 2.85. The highest BCUT2D eigenvalue weighted by Gasteiger charge is 2.37. The molecule has 0 aromatic heterocycles. The lowest BCUT2D eigenvalue weighted by Gasteiger charge is -2.15. The summed E-state index contributed by atoms with van der Waals surface area (Å²) in [5.74, 6) is -0.399. The average Bonchev–Trinajstić information content (AvgIpc) is 3.12. The monoisotopic (exact) mass is 256 g/mol. The highest BCUT2D eigenvalue weighted by molar-refractivity contribution is 6.34. The van der Waals surface area contributed by atoms with E-state index >= 15 is 0 Å². The Balaban J connectivity index is 2.24. The van der Waals surface area contributed by atoms with E-state index in [1.807, 2.05) is 6.92 Å². The van der Waals surface area contributed by atoms with Crippen molar-refractivity contribution in [3.63, 3.8) is 0 Å². The summed E-state index contributed by atoms with van der Waals surface area (Å²) in [5, 5.41) is 0.279. The van der Waals surface area contributed by atoms with Crippen molar-refractivity contribution in [2.45, 2.75) is 25.9 Å². The fourth-order valence-electron chi connectivity index (χ4n) is 1.84. The van der Waals surface area contributed by atoms with Crippen molar-refractivity contribution in [1.82, 2.24) is 0 Å². The number of ether oxygens (including phenoxy) is 1. The van der Waals surface area contributed by atoms with Gasteiger partial charge in [0, 0.05) is 12.2 Å². The second-order valence-electron chi connectivity index (χ2n) is 4.20. The third-order valence-electron chi connectivity index (χ3n) is 2.85. The highest BCUT2D eigenvalue weighted by Crippen LogP contribution is 2.36. The van der Waals surface area contributed by atoms with E-state index in [4.69, 9.17) is 16.3 Å². The van der Waals surface area contributed by atoms with E-state index in [9.17, 15) is 9.18 Å². The van der Waals surface area contributed by atoms with Gasteiger partial charge in [-0.25, -0.2) is 4.39 Å². The molecule has 1 aromatic rings. The van der Waals surface area contributed by atoms with E-state index in [1.165, 1.54) is 18.2 Å². The van der Waals surface area contributed by atoms with Crippen LogP contribution < -0.4 is 0 Å². The fourth-order valence-corrected chi connectivity index (χ4v) is 2.05. The molecule has 0 bridgehead atoms. The number of rotatable bonds is 5. The molecule has 0 aliphatic heterocycles. The molecule has 0 saturated heterocycles. The number of carbonyl (C=O) groups excluding carboxylic acids is 1. The second-order valence-corrected chi connectivity index (χ2v) is 4.61. The molecule has 0 spiro atoms. The molecule has 2 rings (SSSR count). The zero-order chi connectivity index (χ0) is 12.4. The first-order valence-corrected chi connectivity index (χ1v) is 6.12. The van der Waals surface area contributed by atoms with Crippen LogP contribution in [0.1, 0.15) is 30.1 Å². The number of hydrogen-bond donors (Lipinski definition) is 0. The molecule has 0 amide bonds. The first kappa shape index (κ1) is 12.5. The van der Waals surface area contributed by atoms with Crippen molar-refractivity contribution in [3.8, 4) is 0 Å². The van der Waals surface area contributed by atoms with Crippen LogP contribution in [0.5, 0.6) is 0 Å². The number of hydrogen-bond acceptors (Lipinski definition) is 2. The van der Waals surface area contributed by atoms with Crippen molar-refractivity contribution in [2.24, 2.45) is 5.92 Å². The van der Waals surface area contributed by atoms with E-state index in [0.29, 0.717) is 6.61 Å².